The molecule has 0 bridgehead atoms. The number of nitrogens with two attached hydrogens (primary N) is 1. The minimum Gasteiger partial charge on any atom is -0.395 e. The first-order valence-electron chi connectivity index (χ1n) is 5.69. The summed E-state index contributed by atoms with van der Waals surface area (Å²) in [5.41, 5.74) is 5.93. The Balaban J connectivity index is 2.52. The largest absolute Gasteiger partial charge is 0.395 e. The zero-order valence-electron chi connectivity index (χ0n) is 9.42. The van der Waals surface area contributed by atoms with Crippen LogP contribution in [0, 0.1) is 11.8 Å². The monoisotopic (exact) mass is 200 g/mol. The number of hydrogen-bond donors (Lipinski definition) is 3. The van der Waals surface area contributed by atoms with Crippen molar-refractivity contribution in [1.82, 2.24) is 5.32 Å². The lowest BCUT2D eigenvalue weighted by Crippen LogP contribution is -2.55. The Labute approximate surface area is 87.1 Å². The maximum Gasteiger partial charge on any atom is 0.0556 e. The number of rotatable bonds is 4. The zero-order valence-corrected chi connectivity index (χ0v) is 9.42. The van der Waals surface area contributed by atoms with E-state index in [9.17, 15) is 0 Å². The quantitative estimate of drug-likeness (QED) is 0.627. The molecule has 4 N–H and O–H groups in total. The van der Waals surface area contributed by atoms with Crippen LogP contribution in [0.15, 0.2) is 0 Å². The average Bonchev–Trinajstić information content (AvgIpc) is 2.20. The Morgan fingerprint density at radius 1 is 1.43 bits per heavy atom. The van der Waals surface area contributed by atoms with Gasteiger partial charge in [-0.15, -0.1) is 0 Å². The van der Waals surface area contributed by atoms with Crippen LogP contribution in [0.2, 0.25) is 0 Å². The molecule has 0 spiro atoms. The maximum absolute atomic E-state index is 8.82. The van der Waals surface area contributed by atoms with E-state index in [2.05, 4.69) is 19.2 Å². The molecule has 0 radical (unpaired) electrons. The summed E-state index contributed by atoms with van der Waals surface area (Å²) in [5, 5.41) is 12.2. The first kappa shape index (κ1) is 12.0. The molecule has 0 saturated heterocycles. The van der Waals surface area contributed by atoms with E-state index in [1.54, 1.807) is 0 Å². The van der Waals surface area contributed by atoms with Gasteiger partial charge in [-0.3, -0.25) is 0 Å². The number of β-amino-alcohol motifs (C(OH)–C–C–N with tert-alkyl or cyclic N) is 1. The van der Waals surface area contributed by atoms with Crippen molar-refractivity contribution in [3.05, 3.63) is 0 Å². The van der Waals surface area contributed by atoms with Crippen molar-refractivity contribution in [3.8, 4) is 0 Å². The third-order valence-electron chi connectivity index (χ3n) is 3.76. The molecule has 1 saturated carbocycles. The number of hydrogen-bond acceptors (Lipinski definition) is 3. The summed E-state index contributed by atoms with van der Waals surface area (Å²) >= 11 is 0. The SMILES string of the molecule is CC1CCC(CN)(NCCO)CC1C. The first-order valence-corrected chi connectivity index (χ1v) is 5.69. The minimum atomic E-state index is 0.0919. The molecular weight excluding hydrogens is 176 g/mol. The summed E-state index contributed by atoms with van der Waals surface area (Å²) in [6.45, 7) is 6.17. The zero-order chi connectivity index (χ0) is 10.6. The smallest absolute Gasteiger partial charge is 0.0556 e. The Hall–Kier alpha value is -0.120. The highest BCUT2D eigenvalue weighted by Crippen LogP contribution is 2.35. The molecule has 1 rings (SSSR count). The Morgan fingerprint density at radius 2 is 2.14 bits per heavy atom. The fourth-order valence-electron chi connectivity index (χ4n) is 2.45. The highest BCUT2D eigenvalue weighted by atomic mass is 16.3. The molecule has 1 fully saturated rings. The van der Waals surface area contributed by atoms with Gasteiger partial charge in [0.2, 0.25) is 0 Å². The highest BCUT2D eigenvalue weighted by molar-refractivity contribution is 4.95. The Bertz CT molecular complexity index is 171. The molecule has 3 unspecified atom stereocenters. The number of nitrogens with one attached hydrogen (secondary N) is 1. The lowest BCUT2D eigenvalue weighted by molar-refractivity contribution is 0.138. The van der Waals surface area contributed by atoms with E-state index >= 15 is 0 Å². The fraction of sp³-hybridized carbons (Fsp3) is 1.00. The van der Waals surface area contributed by atoms with E-state index in [4.69, 9.17) is 10.8 Å². The van der Waals surface area contributed by atoms with Gasteiger partial charge in [-0.2, -0.15) is 0 Å². The maximum atomic E-state index is 8.82. The van der Waals surface area contributed by atoms with Gasteiger partial charge in [-0.25, -0.2) is 0 Å². The van der Waals surface area contributed by atoms with Gasteiger partial charge in [-0.1, -0.05) is 13.8 Å². The molecule has 0 heterocycles. The van der Waals surface area contributed by atoms with Crippen LogP contribution in [0.5, 0.6) is 0 Å². The lowest BCUT2D eigenvalue weighted by atomic mass is 9.71. The van der Waals surface area contributed by atoms with Crippen LogP contribution in [0.1, 0.15) is 33.1 Å². The molecule has 3 atom stereocenters. The summed E-state index contributed by atoms with van der Waals surface area (Å²) < 4.78 is 0. The molecule has 0 aromatic heterocycles. The van der Waals surface area contributed by atoms with Crippen LogP contribution >= 0.6 is 0 Å². The highest BCUT2D eigenvalue weighted by Gasteiger charge is 2.35. The number of aliphatic hydroxyl groups is 1. The third kappa shape index (κ3) is 2.69. The van der Waals surface area contributed by atoms with Crippen LogP contribution in [0.4, 0.5) is 0 Å². The Kier molecular flexibility index (Phi) is 4.35. The van der Waals surface area contributed by atoms with Gasteiger partial charge < -0.3 is 16.2 Å². The van der Waals surface area contributed by atoms with Gasteiger partial charge in [0.25, 0.3) is 0 Å². The number of aliphatic hydroxyl groups excluding tert-OH is 1. The molecule has 84 valence electrons. The lowest BCUT2D eigenvalue weighted by Gasteiger charge is -2.43. The van der Waals surface area contributed by atoms with E-state index < -0.39 is 0 Å². The predicted molar refractivity (Wildman–Crippen MR) is 59.1 cm³/mol. The topological polar surface area (TPSA) is 58.3 Å². The van der Waals surface area contributed by atoms with Crippen LogP contribution < -0.4 is 11.1 Å². The molecule has 0 amide bonds. The van der Waals surface area contributed by atoms with Gasteiger partial charge in [0.15, 0.2) is 0 Å². The normalized spacial score (nSPS) is 38.6. The summed E-state index contributed by atoms with van der Waals surface area (Å²) in [5.74, 6) is 1.55. The molecule has 1 aliphatic rings. The van der Waals surface area contributed by atoms with Gasteiger partial charge >= 0.3 is 0 Å². The van der Waals surface area contributed by atoms with Crippen LogP contribution in [-0.4, -0.2) is 30.3 Å². The van der Waals surface area contributed by atoms with E-state index in [-0.39, 0.29) is 12.1 Å². The van der Waals surface area contributed by atoms with E-state index in [0.29, 0.717) is 13.1 Å². The molecular formula is C11H24N2O. The minimum absolute atomic E-state index is 0.0919. The second-order valence-electron chi connectivity index (χ2n) is 4.83. The predicted octanol–water partition coefficient (Wildman–Crippen LogP) is 0.722. The standard InChI is InChI=1S/C11H24N2O/c1-9-3-4-11(8-12,7-10(9)2)13-5-6-14/h9-10,13-14H,3-8,12H2,1-2H3. The molecule has 0 aliphatic heterocycles. The first-order chi connectivity index (χ1) is 6.63. The Morgan fingerprint density at radius 3 is 2.64 bits per heavy atom. The van der Waals surface area contributed by atoms with Crippen molar-refractivity contribution in [2.75, 3.05) is 19.7 Å². The van der Waals surface area contributed by atoms with Gasteiger partial charge in [0.05, 0.1) is 6.61 Å². The van der Waals surface area contributed by atoms with Gasteiger partial charge in [0, 0.05) is 18.6 Å². The third-order valence-corrected chi connectivity index (χ3v) is 3.76. The van der Waals surface area contributed by atoms with Crippen LogP contribution in [0.25, 0.3) is 0 Å². The van der Waals surface area contributed by atoms with Gasteiger partial charge in [-0.05, 0) is 31.1 Å². The summed E-state index contributed by atoms with van der Waals surface area (Å²) in [4.78, 5) is 0. The van der Waals surface area contributed by atoms with E-state index in [1.807, 2.05) is 0 Å². The van der Waals surface area contributed by atoms with Crippen molar-refractivity contribution in [1.29, 1.82) is 0 Å². The fourth-order valence-corrected chi connectivity index (χ4v) is 2.45. The molecule has 0 aromatic carbocycles. The van der Waals surface area contributed by atoms with E-state index in [1.165, 1.54) is 6.42 Å². The molecule has 14 heavy (non-hydrogen) atoms. The molecule has 1 aliphatic carbocycles. The molecule has 3 heteroatoms. The van der Waals surface area contributed by atoms with Crippen molar-refractivity contribution in [3.63, 3.8) is 0 Å². The van der Waals surface area contributed by atoms with Gasteiger partial charge in [0.1, 0.15) is 0 Å². The molecule has 0 aromatic rings. The van der Waals surface area contributed by atoms with Crippen molar-refractivity contribution in [2.45, 2.75) is 38.6 Å². The molecule has 3 nitrogen and oxygen atoms in total. The second-order valence-corrected chi connectivity index (χ2v) is 4.83. The van der Waals surface area contributed by atoms with Crippen molar-refractivity contribution >= 4 is 0 Å². The van der Waals surface area contributed by atoms with Crippen molar-refractivity contribution < 1.29 is 5.11 Å². The average molecular weight is 200 g/mol. The summed E-state index contributed by atoms with van der Waals surface area (Å²) in [6, 6.07) is 0. The summed E-state index contributed by atoms with van der Waals surface area (Å²) in [7, 11) is 0. The second kappa shape index (κ2) is 5.10. The summed E-state index contributed by atoms with van der Waals surface area (Å²) in [6.07, 6.45) is 3.54. The van der Waals surface area contributed by atoms with Crippen LogP contribution in [-0.2, 0) is 0 Å². The van der Waals surface area contributed by atoms with Crippen LogP contribution in [0.3, 0.4) is 0 Å². The van der Waals surface area contributed by atoms with E-state index in [0.717, 1.165) is 24.7 Å². The van der Waals surface area contributed by atoms with Crippen molar-refractivity contribution in [2.24, 2.45) is 17.6 Å².